The zero-order chi connectivity index (χ0) is 28.9. The first-order valence-electron chi connectivity index (χ1n) is 12.5. The van der Waals surface area contributed by atoms with Crippen molar-refractivity contribution in [2.75, 3.05) is 26.2 Å². The number of hydrogen-bond acceptors (Lipinski definition) is 8. The van der Waals surface area contributed by atoms with Gasteiger partial charge in [0.25, 0.3) is 5.91 Å². The van der Waals surface area contributed by atoms with Crippen LogP contribution in [0.4, 0.5) is 9.59 Å². The normalized spacial score (nSPS) is 11.0. The molecule has 0 unspecified atom stereocenters. The van der Waals surface area contributed by atoms with E-state index in [0.29, 0.717) is 38.0 Å². The number of Topliss-reactive ketones (excluding diaryl/α,β-unsaturated/α-hetero) is 1. The number of hydrogen-bond donors (Lipinski definition) is 4. The first-order chi connectivity index (χ1) is 17.6. The van der Waals surface area contributed by atoms with Crippen LogP contribution in [0.2, 0.25) is 0 Å². The predicted molar refractivity (Wildman–Crippen MR) is 144 cm³/mol. The Bertz CT molecular complexity index is 1050. The number of nitrogens with one attached hydrogen (secondary N) is 4. The van der Waals surface area contributed by atoms with Gasteiger partial charge in [-0.3, -0.25) is 9.59 Å². The molecule has 0 fully saturated rings. The third-order valence-corrected chi connectivity index (χ3v) is 4.62. The van der Waals surface area contributed by atoms with Crippen molar-refractivity contribution in [2.24, 2.45) is 0 Å². The Morgan fingerprint density at radius 3 is 1.55 bits per heavy atom. The number of carbonyl (C=O) groups excluding carboxylic acids is 5. The second kappa shape index (κ2) is 14.8. The summed E-state index contributed by atoms with van der Waals surface area (Å²) < 4.78 is 10.3. The lowest BCUT2D eigenvalue weighted by Gasteiger charge is -2.19. The number of amides is 3. The Morgan fingerprint density at radius 2 is 1.11 bits per heavy atom. The lowest BCUT2D eigenvalue weighted by molar-refractivity contribution is 0.0515. The largest absolute Gasteiger partial charge is 0.444 e. The van der Waals surface area contributed by atoms with Crippen LogP contribution in [0.3, 0.4) is 0 Å². The smallest absolute Gasteiger partial charge is 0.407 e. The van der Waals surface area contributed by atoms with Crippen LogP contribution in [-0.2, 0) is 14.3 Å². The Balaban J connectivity index is 2.68. The van der Waals surface area contributed by atoms with Gasteiger partial charge in [-0.15, -0.1) is 0 Å². The van der Waals surface area contributed by atoms with Gasteiger partial charge in [-0.2, -0.15) is 0 Å². The highest BCUT2D eigenvalue weighted by Gasteiger charge is 2.17. The van der Waals surface area contributed by atoms with E-state index in [2.05, 4.69) is 21.3 Å². The molecule has 1 aromatic rings. The van der Waals surface area contributed by atoms with Crippen LogP contribution >= 0.6 is 0 Å². The quantitative estimate of drug-likeness (QED) is 0.182. The molecule has 4 N–H and O–H groups in total. The summed E-state index contributed by atoms with van der Waals surface area (Å²) in [6.07, 6.45) is -0.123. The lowest BCUT2D eigenvalue weighted by Crippen LogP contribution is -2.34. The first kappa shape index (κ1) is 32.2. The topological polar surface area (TPSA) is 152 Å². The second-order valence-corrected chi connectivity index (χ2v) is 10.6. The molecule has 1 aromatic carbocycles. The summed E-state index contributed by atoms with van der Waals surface area (Å²) in [6, 6.07) is 4.45. The van der Waals surface area contributed by atoms with E-state index in [4.69, 9.17) is 9.47 Å². The van der Waals surface area contributed by atoms with E-state index in [-0.39, 0.29) is 29.2 Å². The minimum Gasteiger partial charge on any atom is -0.444 e. The van der Waals surface area contributed by atoms with Crippen LogP contribution in [0, 0.1) is 0 Å². The maximum atomic E-state index is 12.7. The number of ether oxygens (including phenoxy) is 2. The summed E-state index contributed by atoms with van der Waals surface area (Å²) in [5, 5.41) is 10.9. The SMILES string of the molecule is CC(=O)c1cc(C(=O)NCCCNC(=O)OC(C)(C)C)cc(C(=C=O)NCCCNC(=O)OC(C)(C)C)c1. The van der Waals surface area contributed by atoms with E-state index < -0.39 is 29.3 Å². The lowest BCUT2D eigenvalue weighted by atomic mass is 10.0. The number of rotatable bonds is 12. The molecule has 0 aliphatic rings. The summed E-state index contributed by atoms with van der Waals surface area (Å²) in [6.45, 7) is 13.2. The average molecular weight is 533 g/mol. The summed E-state index contributed by atoms with van der Waals surface area (Å²) >= 11 is 0. The van der Waals surface area contributed by atoms with E-state index in [1.807, 2.05) is 5.94 Å². The van der Waals surface area contributed by atoms with Gasteiger partial charge in [0.2, 0.25) is 0 Å². The minimum absolute atomic E-state index is 0.0842. The molecule has 0 radical (unpaired) electrons. The van der Waals surface area contributed by atoms with Crippen LogP contribution < -0.4 is 21.3 Å². The second-order valence-electron chi connectivity index (χ2n) is 10.6. The van der Waals surface area contributed by atoms with Gasteiger partial charge in [-0.05, 0) is 79.5 Å². The van der Waals surface area contributed by atoms with E-state index in [1.165, 1.54) is 25.1 Å². The van der Waals surface area contributed by atoms with Gasteiger partial charge in [0.05, 0.1) is 0 Å². The fraction of sp³-hybridized carbons (Fsp3) is 0.556. The maximum Gasteiger partial charge on any atom is 0.407 e. The molecule has 0 aliphatic carbocycles. The van der Waals surface area contributed by atoms with Gasteiger partial charge in [-0.25, -0.2) is 14.4 Å². The fourth-order valence-electron chi connectivity index (χ4n) is 3.01. The van der Waals surface area contributed by atoms with E-state index in [9.17, 15) is 24.0 Å². The number of benzene rings is 1. The van der Waals surface area contributed by atoms with E-state index >= 15 is 0 Å². The third kappa shape index (κ3) is 13.5. The highest BCUT2D eigenvalue weighted by atomic mass is 16.6. The molecular weight excluding hydrogens is 492 g/mol. The van der Waals surface area contributed by atoms with Crippen molar-refractivity contribution in [2.45, 2.75) is 72.5 Å². The zero-order valence-electron chi connectivity index (χ0n) is 23.3. The molecule has 11 nitrogen and oxygen atoms in total. The standard InChI is InChI=1S/C27H40N4O7/c1-18(33)19-14-20(22(17-32)28-10-8-12-30-24(35)37-26(2,3)4)16-21(15-19)23(34)29-11-9-13-31-25(36)38-27(5,6)7/h14-16,28H,8-13H2,1-7H3,(H,29,34)(H,30,35)(H,31,36). The van der Waals surface area contributed by atoms with Gasteiger partial charge in [0.1, 0.15) is 16.9 Å². The minimum atomic E-state index is -0.599. The molecule has 0 spiro atoms. The molecule has 38 heavy (non-hydrogen) atoms. The van der Waals surface area contributed by atoms with Crippen LogP contribution in [0.5, 0.6) is 0 Å². The molecule has 11 heteroatoms. The van der Waals surface area contributed by atoms with Crippen molar-refractivity contribution in [3.8, 4) is 0 Å². The molecule has 0 saturated carbocycles. The molecule has 210 valence electrons. The molecule has 0 aliphatic heterocycles. The Hall–Kier alpha value is -3.85. The predicted octanol–water partition coefficient (Wildman–Crippen LogP) is 3.21. The van der Waals surface area contributed by atoms with Gasteiger partial charge >= 0.3 is 12.2 Å². The summed E-state index contributed by atoms with van der Waals surface area (Å²) in [5.41, 5.74) is -0.309. The van der Waals surface area contributed by atoms with Crippen molar-refractivity contribution in [1.29, 1.82) is 0 Å². The molecule has 0 atom stereocenters. The monoisotopic (exact) mass is 532 g/mol. The highest BCUT2D eigenvalue weighted by Crippen LogP contribution is 2.16. The maximum absolute atomic E-state index is 12.7. The Labute approximate surface area is 224 Å². The summed E-state index contributed by atoms with van der Waals surface area (Å²) in [4.78, 5) is 59.8. The molecule has 1 rings (SSSR count). The van der Waals surface area contributed by atoms with E-state index in [0.717, 1.165) is 0 Å². The molecule has 0 aromatic heterocycles. The molecule has 0 bridgehead atoms. The van der Waals surface area contributed by atoms with Crippen molar-refractivity contribution in [3.05, 3.63) is 34.9 Å². The van der Waals surface area contributed by atoms with Crippen molar-refractivity contribution >= 4 is 35.5 Å². The van der Waals surface area contributed by atoms with Crippen molar-refractivity contribution < 1.29 is 33.4 Å². The van der Waals surface area contributed by atoms with Gasteiger partial charge in [-0.1, -0.05) is 0 Å². The number of carbonyl (C=O) groups is 4. The first-order valence-corrected chi connectivity index (χ1v) is 12.5. The summed E-state index contributed by atoms with van der Waals surface area (Å²) in [7, 11) is 0. The third-order valence-electron chi connectivity index (χ3n) is 4.62. The molecule has 0 heterocycles. The Morgan fingerprint density at radius 1 is 0.684 bits per heavy atom. The van der Waals surface area contributed by atoms with E-state index in [1.54, 1.807) is 41.5 Å². The zero-order valence-corrected chi connectivity index (χ0v) is 23.3. The van der Waals surface area contributed by atoms with Crippen LogP contribution in [0.1, 0.15) is 87.6 Å². The summed E-state index contributed by atoms with van der Waals surface area (Å²) in [5.74, 6) is 1.12. The number of ketones is 1. The van der Waals surface area contributed by atoms with Crippen LogP contribution in [-0.4, -0.2) is 67.2 Å². The molecule has 0 saturated heterocycles. The van der Waals surface area contributed by atoms with Crippen molar-refractivity contribution in [3.63, 3.8) is 0 Å². The number of alkyl carbamates (subject to hydrolysis) is 2. The van der Waals surface area contributed by atoms with Gasteiger partial charge < -0.3 is 30.7 Å². The van der Waals surface area contributed by atoms with Crippen LogP contribution in [0.15, 0.2) is 18.2 Å². The fourth-order valence-corrected chi connectivity index (χ4v) is 3.01. The molecule has 3 amide bonds. The molecular formula is C27H40N4O7. The van der Waals surface area contributed by atoms with Gasteiger partial charge in [0, 0.05) is 42.9 Å². The Kier molecular flexibility index (Phi) is 12.5. The average Bonchev–Trinajstić information content (AvgIpc) is 2.78. The van der Waals surface area contributed by atoms with Crippen LogP contribution in [0.25, 0.3) is 5.70 Å². The van der Waals surface area contributed by atoms with Crippen molar-refractivity contribution in [1.82, 2.24) is 21.3 Å². The highest BCUT2D eigenvalue weighted by molar-refractivity contribution is 6.02. The van der Waals surface area contributed by atoms with Gasteiger partial charge in [0.15, 0.2) is 11.7 Å².